The van der Waals surface area contributed by atoms with Crippen molar-refractivity contribution in [2.45, 2.75) is 28.6 Å². The summed E-state index contributed by atoms with van der Waals surface area (Å²) in [7, 11) is -0.160. The number of thioether (sulfide) groups is 1. The molecule has 2 aromatic rings. The molecule has 1 aliphatic rings. The molecule has 9 heteroatoms. The first-order valence-electron chi connectivity index (χ1n) is 8.66. The van der Waals surface area contributed by atoms with E-state index in [0.717, 1.165) is 10.6 Å². The number of amides is 1. The third kappa shape index (κ3) is 4.36. The molecule has 0 spiro atoms. The van der Waals surface area contributed by atoms with Crippen LogP contribution in [0.3, 0.4) is 0 Å². The van der Waals surface area contributed by atoms with Crippen LogP contribution in [0.2, 0.25) is 0 Å². The van der Waals surface area contributed by atoms with Crippen LogP contribution in [-0.2, 0) is 21.1 Å². The Morgan fingerprint density at radius 3 is 2.57 bits per heavy atom. The van der Waals surface area contributed by atoms with Crippen LogP contribution in [0.1, 0.15) is 12.5 Å². The van der Waals surface area contributed by atoms with Gasteiger partial charge in [-0.1, -0.05) is 30.8 Å². The van der Waals surface area contributed by atoms with Gasteiger partial charge in [-0.15, -0.1) is 0 Å². The number of fused-ring (bicyclic) bond motifs is 1. The predicted molar refractivity (Wildman–Crippen MR) is 109 cm³/mol. The summed E-state index contributed by atoms with van der Waals surface area (Å²) in [5.74, 6) is 1.05. The van der Waals surface area contributed by atoms with E-state index in [-0.39, 0.29) is 28.5 Å². The second-order valence-electron chi connectivity index (χ2n) is 6.14. The lowest BCUT2D eigenvalue weighted by molar-refractivity contribution is -0.120. The fraction of sp³-hybridized carbons (Fsp3) is 0.316. The van der Waals surface area contributed by atoms with Gasteiger partial charge in [0.1, 0.15) is 0 Å². The Labute approximate surface area is 168 Å². The zero-order valence-electron chi connectivity index (χ0n) is 15.8. The zero-order chi connectivity index (χ0) is 20.3. The highest BCUT2D eigenvalue weighted by atomic mass is 32.2. The number of ether oxygens (including phenoxy) is 2. The monoisotopic (exact) mass is 422 g/mol. The lowest BCUT2D eigenvalue weighted by atomic mass is 10.1. The minimum Gasteiger partial charge on any atom is -0.493 e. The number of hydrogen-bond acceptors (Lipinski definition) is 7. The molecule has 0 saturated heterocycles. The number of anilines is 1. The minimum atomic E-state index is -3.30. The van der Waals surface area contributed by atoms with Gasteiger partial charge in [0, 0.05) is 11.0 Å². The highest BCUT2D eigenvalue weighted by molar-refractivity contribution is 8.00. The van der Waals surface area contributed by atoms with Gasteiger partial charge in [-0.2, -0.15) is 0 Å². The molecular formula is C19H22N2O5S2. The number of nitrogens with one attached hydrogen (secondary N) is 2. The molecule has 1 amide bonds. The lowest BCUT2D eigenvalue weighted by Gasteiger charge is -2.13. The van der Waals surface area contributed by atoms with Crippen molar-refractivity contribution in [2.24, 2.45) is 0 Å². The summed E-state index contributed by atoms with van der Waals surface area (Å²) < 4.78 is 34.6. The number of carbonyl (C=O) groups is 1. The number of benzene rings is 2. The number of hydrogen-bond donors (Lipinski definition) is 2. The maximum absolute atomic E-state index is 12.4. The van der Waals surface area contributed by atoms with Crippen molar-refractivity contribution in [3.8, 4) is 11.5 Å². The Morgan fingerprint density at radius 2 is 1.89 bits per heavy atom. The minimum absolute atomic E-state index is 0.0243. The molecule has 0 bridgehead atoms. The maximum Gasteiger partial charge on any atom is 0.226 e. The van der Waals surface area contributed by atoms with E-state index in [1.807, 2.05) is 12.1 Å². The molecule has 150 valence electrons. The fourth-order valence-corrected chi connectivity index (χ4v) is 4.83. The summed E-state index contributed by atoms with van der Waals surface area (Å²) in [6.45, 7) is 1.60. The second-order valence-corrected chi connectivity index (χ2v) is 9.57. The average Bonchev–Trinajstić information content (AvgIpc) is 3.07. The standard InChI is InChI=1S/C19H22N2O5S2/c1-4-28(23,24)13-7-5-6-12(8-13)9-18(22)21-19-20-14-10-15(25-2)16(26-3)11-17(14)27-19/h5-8,10-11,19-20H,4,9H2,1-3H3,(H,21,22). The quantitative estimate of drug-likeness (QED) is 0.708. The summed E-state index contributed by atoms with van der Waals surface area (Å²) in [4.78, 5) is 13.6. The van der Waals surface area contributed by atoms with Gasteiger partial charge in [-0.05, 0) is 23.8 Å². The van der Waals surface area contributed by atoms with Gasteiger partial charge in [-0.25, -0.2) is 8.42 Å². The van der Waals surface area contributed by atoms with Crippen LogP contribution in [0.4, 0.5) is 5.69 Å². The molecule has 0 radical (unpaired) electrons. The van der Waals surface area contributed by atoms with E-state index in [1.165, 1.54) is 11.8 Å². The smallest absolute Gasteiger partial charge is 0.226 e. The van der Waals surface area contributed by atoms with Gasteiger partial charge in [-0.3, -0.25) is 4.79 Å². The van der Waals surface area contributed by atoms with Crippen molar-refractivity contribution in [1.82, 2.24) is 5.32 Å². The van der Waals surface area contributed by atoms with Crippen molar-refractivity contribution in [1.29, 1.82) is 0 Å². The van der Waals surface area contributed by atoms with Gasteiger partial charge in [0.25, 0.3) is 0 Å². The molecular weight excluding hydrogens is 400 g/mol. The summed E-state index contributed by atoms with van der Waals surface area (Å²) in [5, 5.41) is 6.12. The first-order valence-corrected chi connectivity index (χ1v) is 11.2. The topological polar surface area (TPSA) is 93.7 Å². The molecule has 28 heavy (non-hydrogen) atoms. The van der Waals surface area contributed by atoms with Crippen LogP contribution in [0, 0.1) is 0 Å². The van der Waals surface area contributed by atoms with E-state index in [9.17, 15) is 13.2 Å². The molecule has 0 aromatic heterocycles. The van der Waals surface area contributed by atoms with Gasteiger partial charge in [0.2, 0.25) is 5.91 Å². The second kappa shape index (κ2) is 8.32. The largest absolute Gasteiger partial charge is 0.493 e. The molecule has 0 fully saturated rings. The highest BCUT2D eigenvalue weighted by Gasteiger charge is 2.25. The van der Waals surface area contributed by atoms with Crippen molar-refractivity contribution in [3.05, 3.63) is 42.0 Å². The van der Waals surface area contributed by atoms with Crippen molar-refractivity contribution in [3.63, 3.8) is 0 Å². The van der Waals surface area contributed by atoms with E-state index < -0.39 is 9.84 Å². The van der Waals surface area contributed by atoms with Gasteiger partial charge >= 0.3 is 0 Å². The first-order chi connectivity index (χ1) is 13.4. The Hall–Kier alpha value is -2.39. The number of sulfone groups is 1. The van der Waals surface area contributed by atoms with E-state index in [2.05, 4.69) is 10.6 Å². The van der Waals surface area contributed by atoms with E-state index in [1.54, 1.807) is 45.4 Å². The van der Waals surface area contributed by atoms with Crippen LogP contribution < -0.4 is 20.1 Å². The molecule has 1 aliphatic heterocycles. The molecule has 7 nitrogen and oxygen atoms in total. The van der Waals surface area contributed by atoms with Gasteiger partial charge in [0.15, 0.2) is 26.8 Å². The molecule has 1 atom stereocenters. The zero-order valence-corrected chi connectivity index (χ0v) is 17.4. The lowest BCUT2D eigenvalue weighted by Crippen LogP contribution is -2.36. The summed E-state index contributed by atoms with van der Waals surface area (Å²) >= 11 is 1.46. The SMILES string of the molecule is CCS(=O)(=O)c1cccc(CC(=O)NC2Nc3cc(OC)c(OC)cc3S2)c1. The Balaban J connectivity index is 1.66. The molecule has 2 N–H and O–H groups in total. The molecule has 3 rings (SSSR count). The molecule has 1 heterocycles. The van der Waals surface area contributed by atoms with Crippen LogP contribution in [-0.4, -0.2) is 39.8 Å². The fourth-order valence-electron chi connectivity index (χ4n) is 2.83. The summed E-state index contributed by atoms with van der Waals surface area (Å²) in [5.41, 5.74) is 1.17. The predicted octanol–water partition coefficient (Wildman–Crippen LogP) is 2.66. The van der Waals surface area contributed by atoms with Gasteiger partial charge in [0.05, 0.1) is 37.0 Å². The number of rotatable bonds is 7. The van der Waals surface area contributed by atoms with E-state index in [4.69, 9.17) is 9.47 Å². The maximum atomic E-state index is 12.4. The van der Waals surface area contributed by atoms with Crippen LogP contribution in [0.15, 0.2) is 46.2 Å². The molecule has 1 unspecified atom stereocenters. The van der Waals surface area contributed by atoms with Crippen molar-refractivity contribution < 1.29 is 22.7 Å². The first kappa shape index (κ1) is 20.3. The third-order valence-electron chi connectivity index (χ3n) is 4.31. The summed E-state index contributed by atoms with van der Waals surface area (Å²) in [6, 6.07) is 10.2. The Bertz CT molecular complexity index is 959. The molecule has 0 saturated carbocycles. The molecule has 2 aromatic carbocycles. The highest BCUT2D eigenvalue weighted by Crippen LogP contribution is 2.44. The van der Waals surface area contributed by atoms with Crippen LogP contribution in [0.5, 0.6) is 11.5 Å². The normalized spacial score (nSPS) is 15.5. The van der Waals surface area contributed by atoms with Crippen molar-refractivity contribution >= 4 is 33.2 Å². The Kier molecular flexibility index (Phi) is 6.04. The number of carbonyl (C=O) groups excluding carboxylic acids is 1. The number of methoxy groups -OCH3 is 2. The van der Waals surface area contributed by atoms with E-state index >= 15 is 0 Å². The third-order valence-corrected chi connectivity index (χ3v) is 7.11. The van der Waals surface area contributed by atoms with Crippen LogP contribution >= 0.6 is 11.8 Å². The average molecular weight is 423 g/mol. The Morgan fingerprint density at radius 1 is 1.18 bits per heavy atom. The van der Waals surface area contributed by atoms with Crippen molar-refractivity contribution in [2.75, 3.05) is 25.3 Å². The van der Waals surface area contributed by atoms with Gasteiger partial charge < -0.3 is 20.1 Å². The molecule has 0 aliphatic carbocycles. The summed E-state index contributed by atoms with van der Waals surface area (Å²) in [6.07, 6.45) is 0.0921. The van der Waals surface area contributed by atoms with E-state index in [0.29, 0.717) is 17.1 Å². The van der Waals surface area contributed by atoms with Crippen LogP contribution in [0.25, 0.3) is 0 Å².